The van der Waals surface area contributed by atoms with Gasteiger partial charge in [0.25, 0.3) is 0 Å². The number of carbonyl (C=O) groups is 1. The second kappa shape index (κ2) is 8.84. The molecule has 2 aliphatic heterocycles. The van der Waals surface area contributed by atoms with E-state index in [1.165, 1.54) is 16.8 Å². The molecule has 31 heavy (non-hydrogen) atoms. The van der Waals surface area contributed by atoms with Crippen molar-refractivity contribution in [1.29, 1.82) is 0 Å². The molecule has 3 heterocycles. The van der Waals surface area contributed by atoms with E-state index in [0.717, 1.165) is 56.6 Å². The maximum Gasteiger partial charge on any atom is 0.410 e. The first-order valence-electron chi connectivity index (χ1n) is 11.1. The van der Waals surface area contributed by atoms with Gasteiger partial charge in [-0.05, 0) is 54.0 Å². The number of carbonyl (C=O) groups excluding carboxylic acids is 1. The molecule has 0 atom stereocenters. The first kappa shape index (κ1) is 19.7. The van der Waals surface area contributed by atoms with Crippen LogP contribution in [0.5, 0.6) is 0 Å². The summed E-state index contributed by atoms with van der Waals surface area (Å²) in [6.07, 6.45) is 6.76. The second-order valence-corrected chi connectivity index (χ2v) is 8.50. The van der Waals surface area contributed by atoms with Crippen molar-refractivity contribution < 1.29 is 9.53 Å². The Bertz CT molecular complexity index is 1010. The van der Waals surface area contributed by atoms with Crippen LogP contribution in [0.15, 0.2) is 60.9 Å². The first-order valence-corrected chi connectivity index (χ1v) is 11.1. The lowest BCUT2D eigenvalue weighted by atomic mass is 9.96. The minimum atomic E-state index is -0.194. The quantitative estimate of drug-likeness (QED) is 0.666. The van der Waals surface area contributed by atoms with Gasteiger partial charge in [-0.1, -0.05) is 36.4 Å². The number of ether oxygens (including phenoxy) is 1. The summed E-state index contributed by atoms with van der Waals surface area (Å²) in [5.41, 5.74) is 6.15. The molecule has 2 aliphatic rings. The molecular weight excluding hydrogens is 388 g/mol. The molecule has 5 rings (SSSR count). The molecule has 2 aromatic carbocycles. The van der Waals surface area contributed by atoms with Crippen LogP contribution in [0.3, 0.4) is 0 Å². The van der Waals surface area contributed by atoms with Crippen molar-refractivity contribution in [1.82, 2.24) is 15.1 Å². The monoisotopic (exact) mass is 416 g/mol. The molecule has 1 saturated heterocycles. The maximum absolute atomic E-state index is 12.4. The zero-order chi connectivity index (χ0) is 21.0. The smallest absolute Gasteiger partial charge is 0.410 e. The number of fused-ring (bicyclic) bond motifs is 1. The summed E-state index contributed by atoms with van der Waals surface area (Å²) in [7, 11) is 0. The minimum Gasteiger partial charge on any atom is -0.445 e. The van der Waals surface area contributed by atoms with Crippen LogP contribution < -0.4 is 4.90 Å². The fraction of sp³-hybridized carbons (Fsp3) is 0.360. The number of nitrogens with one attached hydrogen (secondary N) is 1. The number of anilines is 1. The van der Waals surface area contributed by atoms with Gasteiger partial charge in [0.2, 0.25) is 0 Å². The van der Waals surface area contributed by atoms with Crippen molar-refractivity contribution in [2.75, 3.05) is 31.1 Å². The first-order chi connectivity index (χ1) is 15.3. The van der Waals surface area contributed by atoms with E-state index >= 15 is 0 Å². The molecule has 6 heteroatoms. The highest BCUT2D eigenvalue weighted by Crippen LogP contribution is 2.33. The van der Waals surface area contributed by atoms with Crippen LogP contribution in [-0.4, -0.2) is 47.4 Å². The molecule has 1 aromatic heterocycles. The SMILES string of the molecule is O=C(OCc1ccccc1)N1CCC(CN2CCc3cc(-c4cn[nH]c4)ccc32)CC1. The average molecular weight is 417 g/mol. The van der Waals surface area contributed by atoms with Gasteiger partial charge in [-0.3, -0.25) is 5.10 Å². The molecule has 0 spiro atoms. The third-order valence-corrected chi connectivity index (χ3v) is 6.46. The van der Waals surface area contributed by atoms with Crippen molar-refractivity contribution in [3.63, 3.8) is 0 Å². The fourth-order valence-corrected chi connectivity index (χ4v) is 4.67. The van der Waals surface area contributed by atoms with Gasteiger partial charge in [-0.15, -0.1) is 0 Å². The number of benzene rings is 2. The van der Waals surface area contributed by atoms with Gasteiger partial charge >= 0.3 is 6.09 Å². The van der Waals surface area contributed by atoms with Crippen molar-refractivity contribution >= 4 is 11.8 Å². The number of rotatable bonds is 5. The number of H-pyrrole nitrogens is 1. The Morgan fingerprint density at radius 2 is 1.90 bits per heavy atom. The highest BCUT2D eigenvalue weighted by Gasteiger charge is 2.27. The molecule has 160 valence electrons. The molecule has 0 radical (unpaired) electrons. The van der Waals surface area contributed by atoms with E-state index in [-0.39, 0.29) is 6.09 Å². The molecule has 1 fully saturated rings. The molecule has 1 amide bonds. The molecule has 6 nitrogen and oxygen atoms in total. The van der Waals surface area contributed by atoms with Crippen LogP contribution in [0.25, 0.3) is 11.1 Å². The number of likely N-dealkylation sites (tertiary alicyclic amines) is 1. The molecule has 0 bridgehead atoms. The fourth-order valence-electron chi connectivity index (χ4n) is 4.67. The van der Waals surface area contributed by atoms with E-state index in [0.29, 0.717) is 12.5 Å². The molecule has 0 unspecified atom stereocenters. The predicted octanol–water partition coefficient (Wildman–Crippen LogP) is 4.49. The molecule has 1 N–H and O–H groups in total. The van der Waals surface area contributed by atoms with Crippen LogP contribution in [0.4, 0.5) is 10.5 Å². The summed E-state index contributed by atoms with van der Waals surface area (Å²) in [4.78, 5) is 16.8. The zero-order valence-corrected chi connectivity index (χ0v) is 17.7. The van der Waals surface area contributed by atoms with Crippen molar-refractivity contribution in [3.8, 4) is 11.1 Å². The zero-order valence-electron chi connectivity index (χ0n) is 17.7. The Kier molecular flexibility index (Phi) is 5.61. The van der Waals surface area contributed by atoms with Gasteiger partial charge in [0.1, 0.15) is 6.61 Å². The lowest BCUT2D eigenvalue weighted by Crippen LogP contribution is -2.41. The van der Waals surface area contributed by atoms with Gasteiger partial charge in [-0.25, -0.2) is 4.79 Å². The number of hydrogen-bond acceptors (Lipinski definition) is 4. The number of nitrogens with zero attached hydrogens (tertiary/aromatic N) is 3. The summed E-state index contributed by atoms with van der Waals surface area (Å²) in [5.74, 6) is 0.609. The van der Waals surface area contributed by atoms with E-state index in [2.05, 4.69) is 33.3 Å². The van der Waals surface area contributed by atoms with Crippen LogP contribution in [0.2, 0.25) is 0 Å². The maximum atomic E-state index is 12.4. The largest absolute Gasteiger partial charge is 0.445 e. The van der Waals surface area contributed by atoms with E-state index in [1.807, 2.05) is 47.6 Å². The Labute approximate surface area is 182 Å². The van der Waals surface area contributed by atoms with Crippen LogP contribution in [0, 0.1) is 5.92 Å². The van der Waals surface area contributed by atoms with Crippen molar-refractivity contribution in [2.45, 2.75) is 25.9 Å². The van der Waals surface area contributed by atoms with Crippen molar-refractivity contribution in [2.24, 2.45) is 5.92 Å². The molecule has 3 aromatic rings. The highest BCUT2D eigenvalue weighted by atomic mass is 16.6. The van der Waals surface area contributed by atoms with Crippen molar-refractivity contribution in [3.05, 3.63) is 72.1 Å². The van der Waals surface area contributed by atoms with E-state index in [1.54, 1.807) is 0 Å². The van der Waals surface area contributed by atoms with Gasteiger partial charge < -0.3 is 14.5 Å². The average Bonchev–Trinajstić information content (AvgIpc) is 3.49. The Morgan fingerprint density at radius 1 is 1.06 bits per heavy atom. The molecule has 0 saturated carbocycles. The normalized spacial score (nSPS) is 16.4. The molecule has 0 aliphatic carbocycles. The Morgan fingerprint density at radius 3 is 2.68 bits per heavy atom. The summed E-state index contributed by atoms with van der Waals surface area (Å²) in [6, 6.07) is 16.6. The van der Waals surface area contributed by atoms with Gasteiger partial charge in [0, 0.05) is 43.6 Å². The van der Waals surface area contributed by atoms with Crippen LogP contribution in [-0.2, 0) is 17.8 Å². The third kappa shape index (κ3) is 4.43. The number of aromatic amines is 1. The van der Waals surface area contributed by atoms with Gasteiger partial charge in [-0.2, -0.15) is 5.10 Å². The summed E-state index contributed by atoms with van der Waals surface area (Å²) in [5, 5.41) is 6.95. The van der Waals surface area contributed by atoms with E-state index in [4.69, 9.17) is 4.74 Å². The number of aromatic nitrogens is 2. The summed E-state index contributed by atoms with van der Waals surface area (Å²) < 4.78 is 5.49. The Hall–Kier alpha value is -3.28. The molecular formula is C25H28N4O2. The Balaban J connectivity index is 1.12. The van der Waals surface area contributed by atoms with E-state index < -0.39 is 0 Å². The third-order valence-electron chi connectivity index (χ3n) is 6.46. The van der Waals surface area contributed by atoms with Crippen LogP contribution in [0.1, 0.15) is 24.0 Å². The number of piperidine rings is 1. The summed E-state index contributed by atoms with van der Waals surface area (Å²) in [6.45, 7) is 4.02. The lowest BCUT2D eigenvalue weighted by molar-refractivity contribution is 0.0828. The minimum absolute atomic E-state index is 0.194. The number of hydrogen-bond donors (Lipinski definition) is 1. The van der Waals surface area contributed by atoms with Crippen LogP contribution >= 0.6 is 0 Å². The lowest BCUT2D eigenvalue weighted by Gasteiger charge is -2.34. The van der Waals surface area contributed by atoms with E-state index in [9.17, 15) is 4.79 Å². The van der Waals surface area contributed by atoms with Gasteiger partial charge in [0.05, 0.1) is 6.20 Å². The summed E-state index contributed by atoms with van der Waals surface area (Å²) >= 11 is 0. The highest BCUT2D eigenvalue weighted by molar-refractivity contribution is 5.70. The topological polar surface area (TPSA) is 61.5 Å². The standard InChI is InChI=1S/C25H28N4O2/c30-25(31-18-20-4-2-1-3-5-20)28-11-8-19(9-12-28)17-29-13-10-22-14-21(6-7-24(22)29)23-15-26-27-16-23/h1-7,14-16,19H,8-13,17-18H2,(H,26,27). The second-order valence-electron chi connectivity index (χ2n) is 8.50. The number of amides is 1. The van der Waals surface area contributed by atoms with Gasteiger partial charge in [0.15, 0.2) is 0 Å². The predicted molar refractivity (Wildman–Crippen MR) is 121 cm³/mol.